The van der Waals surface area contributed by atoms with Gasteiger partial charge in [0.05, 0.1) is 5.41 Å². The number of alkyl halides is 2. The van der Waals surface area contributed by atoms with Crippen molar-refractivity contribution in [1.29, 1.82) is 0 Å². The van der Waals surface area contributed by atoms with Gasteiger partial charge in [0, 0.05) is 12.3 Å². The minimum absolute atomic E-state index is 0.0503. The zero-order valence-electron chi connectivity index (χ0n) is 8.27. The van der Waals surface area contributed by atoms with Crippen LogP contribution >= 0.6 is 0 Å². The summed E-state index contributed by atoms with van der Waals surface area (Å²) < 4.78 is 30.7. The Morgan fingerprint density at radius 2 is 2.38 bits per heavy atom. The van der Waals surface area contributed by atoms with Crippen LogP contribution in [0.3, 0.4) is 0 Å². The number of rotatable bonds is 4. The molecular formula is C9H10F2N2O3. The van der Waals surface area contributed by atoms with Crippen LogP contribution < -0.4 is 4.74 Å². The molecular weight excluding hydrogens is 222 g/mol. The van der Waals surface area contributed by atoms with Crippen LogP contribution in [0.4, 0.5) is 13.6 Å². The highest BCUT2D eigenvalue weighted by molar-refractivity contribution is 5.66. The van der Waals surface area contributed by atoms with Crippen LogP contribution in [0.25, 0.3) is 0 Å². The SMILES string of the molecule is O=C(O)n1ccc(OCC2(C(F)F)CC2)n1. The molecule has 1 heterocycles. The smallest absolute Gasteiger partial charge is 0.432 e. The normalized spacial score (nSPS) is 17.4. The first-order valence-electron chi connectivity index (χ1n) is 4.73. The van der Waals surface area contributed by atoms with Crippen molar-refractivity contribution in [2.45, 2.75) is 19.3 Å². The van der Waals surface area contributed by atoms with Crippen molar-refractivity contribution in [3.05, 3.63) is 12.3 Å². The maximum absolute atomic E-state index is 12.5. The molecule has 0 saturated heterocycles. The zero-order chi connectivity index (χ0) is 11.8. The van der Waals surface area contributed by atoms with Gasteiger partial charge in [0.15, 0.2) is 0 Å². The monoisotopic (exact) mass is 232 g/mol. The van der Waals surface area contributed by atoms with E-state index in [4.69, 9.17) is 9.84 Å². The molecule has 0 atom stereocenters. The molecule has 1 aliphatic rings. The Morgan fingerprint density at radius 3 is 2.81 bits per heavy atom. The molecule has 5 nitrogen and oxygen atoms in total. The fraction of sp³-hybridized carbons (Fsp3) is 0.556. The number of nitrogens with zero attached hydrogens (tertiary/aromatic N) is 2. The lowest BCUT2D eigenvalue weighted by molar-refractivity contribution is 0.0303. The molecule has 1 aromatic heterocycles. The summed E-state index contributed by atoms with van der Waals surface area (Å²) in [5.74, 6) is 0.0503. The van der Waals surface area contributed by atoms with Crippen molar-refractivity contribution in [3.63, 3.8) is 0 Å². The number of halogens is 2. The van der Waals surface area contributed by atoms with Crippen LogP contribution in [0.1, 0.15) is 12.8 Å². The van der Waals surface area contributed by atoms with Gasteiger partial charge in [-0.1, -0.05) is 0 Å². The van der Waals surface area contributed by atoms with Gasteiger partial charge in [0.25, 0.3) is 0 Å². The van der Waals surface area contributed by atoms with E-state index in [2.05, 4.69) is 5.10 Å². The second-order valence-corrected chi connectivity index (χ2v) is 3.83. The van der Waals surface area contributed by atoms with Gasteiger partial charge in [-0.15, -0.1) is 5.10 Å². The lowest BCUT2D eigenvalue weighted by Gasteiger charge is -2.13. The summed E-state index contributed by atoms with van der Waals surface area (Å²) in [4.78, 5) is 10.5. The molecule has 1 N–H and O–H groups in total. The summed E-state index contributed by atoms with van der Waals surface area (Å²) in [5.41, 5.74) is -1.05. The lowest BCUT2D eigenvalue weighted by Crippen LogP contribution is -2.21. The highest BCUT2D eigenvalue weighted by Crippen LogP contribution is 2.50. The van der Waals surface area contributed by atoms with Crippen LogP contribution in [-0.2, 0) is 0 Å². The van der Waals surface area contributed by atoms with E-state index in [0.29, 0.717) is 17.5 Å². The number of hydrogen-bond donors (Lipinski definition) is 1. The van der Waals surface area contributed by atoms with Crippen molar-refractivity contribution in [3.8, 4) is 5.88 Å². The van der Waals surface area contributed by atoms with E-state index in [1.54, 1.807) is 0 Å². The van der Waals surface area contributed by atoms with E-state index in [0.717, 1.165) is 0 Å². The topological polar surface area (TPSA) is 64.3 Å². The zero-order valence-corrected chi connectivity index (χ0v) is 8.27. The van der Waals surface area contributed by atoms with Gasteiger partial charge < -0.3 is 9.84 Å². The minimum atomic E-state index is -2.41. The first kappa shape index (κ1) is 10.8. The first-order chi connectivity index (χ1) is 7.53. The summed E-state index contributed by atoms with van der Waals surface area (Å²) in [5, 5.41) is 12.1. The van der Waals surface area contributed by atoms with E-state index in [9.17, 15) is 13.6 Å². The van der Waals surface area contributed by atoms with Gasteiger partial charge in [0.2, 0.25) is 12.3 Å². The summed E-state index contributed by atoms with van der Waals surface area (Å²) >= 11 is 0. The fourth-order valence-corrected chi connectivity index (χ4v) is 1.29. The molecule has 1 aromatic rings. The van der Waals surface area contributed by atoms with Crippen molar-refractivity contribution in [2.24, 2.45) is 5.41 Å². The van der Waals surface area contributed by atoms with Gasteiger partial charge in [-0.25, -0.2) is 13.6 Å². The molecule has 1 aliphatic carbocycles. The summed E-state index contributed by atoms with van der Waals surface area (Å²) in [7, 11) is 0. The summed E-state index contributed by atoms with van der Waals surface area (Å²) in [6.07, 6.45) is -1.59. The van der Waals surface area contributed by atoms with Gasteiger partial charge in [-0.3, -0.25) is 0 Å². The Morgan fingerprint density at radius 1 is 1.69 bits per heavy atom. The van der Waals surface area contributed by atoms with Gasteiger partial charge in [0.1, 0.15) is 6.61 Å². The molecule has 1 saturated carbocycles. The van der Waals surface area contributed by atoms with Crippen LogP contribution in [0.15, 0.2) is 12.3 Å². The lowest BCUT2D eigenvalue weighted by atomic mass is 10.1. The van der Waals surface area contributed by atoms with Crippen molar-refractivity contribution in [1.82, 2.24) is 9.78 Å². The first-order valence-corrected chi connectivity index (χ1v) is 4.73. The van der Waals surface area contributed by atoms with Crippen molar-refractivity contribution < 1.29 is 23.4 Å². The quantitative estimate of drug-likeness (QED) is 0.860. The van der Waals surface area contributed by atoms with Crippen molar-refractivity contribution in [2.75, 3.05) is 6.61 Å². The summed E-state index contributed by atoms with van der Waals surface area (Å²) in [6.45, 7) is -0.124. The molecule has 1 fully saturated rings. The average molecular weight is 232 g/mol. The van der Waals surface area contributed by atoms with E-state index in [1.165, 1.54) is 12.3 Å². The number of carboxylic acid groups (broad SMARTS) is 1. The Bertz CT molecular complexity index is 401. The molecule has 0 amide bonds. The minimum Gasteiger partial charge on any atom is -0.476 e. The Labute approximate surface area is 89.6 Å². The van der Waals surface area contributed by atoms with E-state index in [-0.39, 0.29) is 12.5 Å². The van der Waals surface area contributed by atoms with Crippen LogP contribution in [0.2, 0.25) is 0 Å². The number of hydrogen-bond acceptors (Lipinski definition) is 3. The molecule has 0 bridgehead atoms. The van der Waals surface area contributed by atoms with E-state index >= 15 is 0 Å². The van der Waals surface area contributed by atoms with E-state index < -0.39 is 17.9 Å². The van der Waals surface area contributed by atoms with Crippen LogP contribution in [-0.4, -0.2) is 34.0 Å². The molecule has 0 radical (unpaired) electrons. The molecule has 16 heavy (non-hydrogen) atoms. The summed E-state index contributed by atoms with van der Waals surface area (Å²) in [6, 6.07) is 1.33. The predicted molar refractivity (Wildman–Crippen MR) is 48.8 cm³/mol. The maximum Gasteiger partial charge on any atom is 0.432 e. The van der Waals surface area contributed by atoms with E-state index in [1.807, 2.05) is 0 Å². The average Bonchev–Trinajstić information content (AvgIpc) is 2.87. The third kappa shape index (κ3) is 1.98. The molecule has 0 aliphatic heterocycles. The molecule has 88 valence electrons. The van der Waals surface area contributed by atoms with Crippen LogP contribution in [0.5, 0.6) is 5.88 Å². The number of ether oxygens (including phenoxy) is 1. The Kier molecular flexibility index (Phi) is 2.53. The van der Waals surface area contributed by atoms with Crippen molar-refractivity contribution >= 4 is 6.09 Å². The molecule has 2 rings (SSSR count). The second kappa shape index (κ2) is 3.73. The van der Waals surface area contributed by atoms with Gasteiger partial charge in [-0.05, 0) is 12.8 Å². The molecule has 0 aromatic carbocycles. The fourth-order valence-electron chi connectivity index (χ4n) is 1.29. The maximum atomic E-state index is 12.5. The second-order valence-electron chi connectivity index (χ2n) is 3.83. The molecule has 7 heteroatoms. The number of carbonyl (C=O) groups is 1. The number of aromatic nitrogens is 2. The Balaban J connectivity index is 1.92. The van der Waals surface area contributed by atoms with Gasteiger partial charge >= 0.3 is 6.09 Å². The third-order valence-electron chi connectivity index (χ3n) is 2.62. The molecule has 0 spiro atoms. The molecule has 0 unspecified atom stereocenters. The standard InChI is InChI=1S/C9H10F2N2O3/c10-7(11)9(2-3-9)5-16-6-1-4-13(12-6)8(14)15/h1,4,7H,2-3,5H2,(H,14,15). The largest absolute Gasteiger partial charge is 0.476 e. The predicted octanol–water partition coefficient (Wildman–Crippen LogP) is 1.83. The van der Waals surface area contributed by atoms with Crippen LogP contribution in [0, 0.1) is 5.41 Å². The van der Waals surface area contributed by atoms with Gasteiger partial charge in [-0.2, -0.15) is 4.68 Å². The highest BCUT2D eigenvalue weighted by atomic mass is 19.3. The third-order valence-corrected chi connectivity index (χ3v) is 2.62. The Hall–Kier alpha value is -1.66. The highest BCUT2D eigenvalue weighted by Gasteiger charge is 2.52.